The van der Waals surface area contributed by atoms with Crippen molar-refractivity contribution < 1.29 is 9.59 Å². The van der Waals surface area contributed by atoms with Crippen LogP contribution >= 0.6 is 0 Å². The Labute approximate surface area is 146 Å². The Bertz CT molecular complexity index is 730. The van der Waals surface area contributed by atoms with Crippen molar-refractivity contribution in [3.8, 4) is 5.69 Å². The minimum Gasteiger partial charge on any atom is -0.352 e. The lowest BCUT2D eigenvalue weighted by atomic mass is 10.1. The van der Waals surface area contributed by atoms with Gasteiger partial charge in [-0.1, -0.05) is 18.2 Å². The number of benzene rings is 1. The largest absolute Gasteiger partial charge is 0.352 e. The van der Waals surface area contributed by atoms with Crippen LogP contribution in [0.1, 0.15) is 25.6 Å². The van der Waals surface area contributed by atoms with E-state index in [1.54, 1.807) is 11.2 Å². The lowest BCUT2D eigenvalue weighted by molar-refractivity contribution is -0.119. The van der Waals surface area contributed by atoms with E-state index in [-0.39, 0.29) is 24.5 Å². The van der Waals surface area contributed by atoms with E-state index in [0.29, 0.717) is 18.9 Å². The Morgan fingerprint density at radius 3 is 2.84 bits per heavy atom. The molecule has 1 unspecified atom stereocenters. The van der Waals surface area contributed by atoms with Crippen LogP contribution in [0.4, 0.5) is 4.79 Å². The van der Waals surface area contributed by atoms with Gasteiger partial charge in [-0.05, 0) is 25.0 Å². The Balaban J connectivity index is 1.58. The second kappa shape index (κ2) is 7.78. The fourth-order valence-electron chi connectivity index (χ4n) is 3.02. The zero-order chi connectivity index (χ0) is 17.6. The van der Waals surface area contributed by atoms with E-state index >= 15 is 0 Å². The molecule has 1 saturated heterocycles. The molecule has 2 N–H and O–H groups in total. The predicted octanol–water partition coefficient (Wildman–Crippen LogP) is 1.08. The summed E-state index contributed by atoms with van der Waals surface area (Å²) in [5.41, 5.74) is 0.945. The first kappa shape index (κ1) is 16.9. The Morgan fingerprint density at radius 2 is 2.08 bits per heavy atom. The molecule has 8 heteroatoms. The van der Waals surface area contributed by atoms with Gasteiger partial charge >= 0.3 is 6.03 Å². The lowest BCUT2D eigenvalue weighted by Crippen LogP contribution is -2.51. The van der Waals surface area contributed by atoms with E-state index < -0.39 is 0 Å². The van der Waals surface area contributed by atoms with Crippen molar-refractivity contribution in [2.45, 2.75) is 32.4 Å². The van der Waals surface area contributed by atoms with E-state index in [9.17, 15) is 9.59 Å². The minimum absolute atomic E-state index is 0.0185. The molecule has 132 valence electrons. The van der Waals surface area contributed by atoms with Crippen LogP contribution in [0.25, 0.3) is 5.69 Å². The maximum Gasteiger partial charge on any atom is 0.317 e. The highest BCUT2D eigenvalue weighted by Gasteiger charge is 2.24. The van der Waals surface area contributed by atoms with Crippen LogP contribution < -0.4 is 10.6 Å². The molecule has 2 aromatic rings. The van der Waals surface area contributed by atoms with Crippen LogP contribution in [0, 0.1) is 0 Å². The van der Waals surface area contributed by atoms with E-state index in [1.165, 1.54) is 6.92 Å². The number of amides is 3. The third-order valence-corrected chi connectivity index (χ3v) is 4.17. The molecule has 0 radical (unpaired) electrons. The average molecular weight is 342 g/mol. The van der Waals surface area contributed by atoms with E-state index in [2.05, 4.69) is 20.8 Å². The van der Waals surface area contributed by atoms with Crippen molar-refractivity contribution in [2.75, 3.05) is 13.1 Å². The SMILES string of the molecule is CC(=O)NC1CCCN(C(=O)NCc2nncn2-c2ccccc2)C1. The number of urea groups is 1. The van der Waals surface area contributed by atoms with Gasteiger partial charge in [-0.3, -0.25) is 9.36 Å². The number of carbonyl (C=O) groups excluding carboxylic acids is 2. The Hall–Kier alpha value is -2.90. The summed E-state index contributed by atoms with van der Waals surface area (Å²) in [5.74, 6) is 0.596. The van der Waals surface area contributed by atoms with Crippen molar-refractivity contribution in [2.24, 2.45) is 0 Å². The van der Waals surface area contributed by atoms with Gasteiger partial charge in [-0.15, -0.1) is 10.2 Å². The molecule has 1 aliphatic heterocycles. The highest BCUT2D eigenvalue weighted by atomic mass is 16.2. The number of rotatable bonds is 4. The van der Waals surface area contributed by atoms with Gasteiger partial charge < -0.3 is 15.5 Å². The molecule has 2 heterocycles. The van der Waals surface area contributed by atoms with Crippen LogP contribution in [0.15, 0.2) is 36.7 Å². The normalized spacial score (nSPS) is 17.2. The second-order valence-electron chi connectivity index (χ2n) is 6.10. The predicted molar refractivity (Wildman–Crippen MR) is 92.0 cm³/mol. The molecular formula is C17H22N6O2. The summed E-state index contributed by atoms with van der Waals surface area (Å²) < 4.78 is 1.84. The molecule has 1 fully saturated rings. The standard InChI is InChI=1S/C17H22N6O2/c1-13(24)20-14-6-5-9-22(11-14)17(25)18-10-16-21-19-12-23(16)15-7-3-2-4-8-15/h2-4,7-8,12,14H,5-6,9-11H2,1H3,(H,18,25)(H,20,24). The monoisotopic (exact) mass is 342 g/mol. The first-order chi connectivity index (χ1) is 12.1. The Kier molecular flexibility index (Phi) is 5.27. The van der Waals surface area contributed by atoms with Gasteiger partial charge in [0.1, 0.15) is 6.33 Å². The van der Waals surface area contributed by atoms with Crippen molar-refractivity contribution in [3.63, 3.8) is 0 Å². The van der Waals surface area contributed by atoms with Crippen LogP contribution in [-0.4, -0.2) is 50.7 Å². The zero-order valence-electron chi connectivity index (χ0n) is 14.2. The maximum atomic E-state index is 12.4. The minimum atomic E-state index is -0.155. The van der Waals surface area contributed by atoms with Crippen LogP contribution in [-0.2, 0) is 11.3 Å². The van der Waals surface area contributed by atoms with Crippen LogP contribution in [0.2, 0.25) is 0 Å². The molecule has 8 nitrogen and oxygen atoms in total. The third kappa shape index (κ3) is 4.34. The van der Waals surface area contributed by atoms with Crippen LogP contribution in [0.5, 0.6) is 0 Å². The van der Waals surface area contributed by atoms with Gasteiger partial charge in [-0.25, -0.2) is 4.79 Å². The van der Waals surface area contributed by atoms with E-state index in [0.717, 1.165) is 18.5 Å². The fraction of sp³-hybridized carbons (Fsp3) is 0.412. The number of aromatic nitrogens is 3. The van der Waals surface area contributed by atoms with E-state index in [1.807, 2.05) is 34.9 Å². The first-order valence-electron chi connectivity index (χ1n) is 8.37. The van der Waals surface area contributed by atoms with E-state index in [4.69, 9.17) is 0 Å². The molecule has 1 aliphatic rings. The maximum absolute atomic E-state index is 12.4. The summed E-state index contributed by atoms with van der Waals surface area (Å²) in [7, 11) is 0. The topological polar surface area (TPSA) is 92.2 Å². The summed E-state index contributed by atoms with van der Waals surface area (Å²) in [4.78, 5) is 25.3. The highest BCUT2D eigenvalue weighted by molar-refractivity contribution is 5.75. The van der Waals surface area contributed by atoms with Crippen molar-refractivity contribution >= 4 is 11.9 Å². The Morgan fingerprint density at radius 1 is 1.28 bits per heavy atom. The lowest BCUT2D eigenvalue weighted by Gasteiger charge is -2.32. The molecule has 1 aromatic carbocycles. The molecule has 1 atom stereocenters. The number of hydrogen-bond acceptors (Lipinski definition) is 4. The fourth-order valence-corrected chi connectivity index (χ4v) is 3.02. The molecular weight excluding hydrogens is 320 g/mol. The average Bonchev–Trinajstić information content (AvgIpc) is 3.08. The summed E-state index contributed by atoms with van der Waals surface area (Å²) >= 11 is 0. The number of likely N-dealkylation sites (tertiary alicyclic amines) is 1. The van der Waals surface area contributed by atoms with Crippen molar-refractivity contribution in [1.29, 1.82) is 0 Å². The summed E-state index contributed by atoms with van der Waals surface area (Å²) in [6, 6.07) is 9.59. The number of nitrogens with one attached hydrogen (secondary N) is 2. The molecule has 0 spiro atoms. The third-order valence-electron chi connectivity index (χ3n) is 4.17. The van der Waals surface area contributed by atoms with Gasteiger partial charge in [0, 0.05) is 31.7 Å². The van der Waals surface area contributed by atoms with Gasteiger partial charge in [-0.2, -0.15) is 0 Å². The molecule has 1 aromatic heterocycles. The van der Waals surface area contributed by atoms with Crippen LogP contribution in [0.3, 0.4) is 0 Å². The zero-order valence-corrected chi connectivity index (χ0v) is 14.2. The molecule has 25 heavy (non-hydrogen) atoms. The molecule has 3 amide bonds. The van der Waals surface area contributed by atoms with Crippen molar-refractivity contribution in [1.82, 2.24) is 30.3 Å². The summed E-state index contributed by atoms with van der Waals surface area (Å²) in [6.07, 6.45) is 3.40. The first-order valence-corrected chi connectivity index (χ1v) is 8.37. The second-order valence-corrected chi connectivity index (χ2v) is 6.10. The number of nitrogens with zero attached hydrogens (tertiary/aromatic N) is 4. The van der Waals surface area contributed by atoms with Crippen molar-refractivity contribution in [3.05, 3.63) is 42.5 Å². The molecule has 0 aliphatic carbocycles. The molecule has 3 rings (SSSR count). The number of para-hydroxylation sites is 1. The van der Waals surface area contributed by atoms with Gasteiger partial charge in [0.25, 0.3) is 0 Å². The number of carbonyl (C=O) groups is 2. The van der Waals surface area contributed by atoms with Gasteiger partial charge in [0.05, 0.1) is 6.54 Å². The highest BCUT2D eigenvalue weighted by Crippen LogP contribution is 2.11. The quantitative estimate of drug-likeness (QED) is 0.869. The number of hydrogen-bond donors (Lipinski definition) is 2. The summed E-state index contributed by atoms with van der Waals surface area (Å²) in [5, 5.41) is 13.8. The summed E-state index contributed by atoms with van der Waals surface area (Å²) in [6.45, 7) is 2.99. The van der Waals surface area contributed by atoms with Gasteiger partial charge in [0.15, 0.2) is 5.82 Å². The van der Waals surface area contributed by atoms with Gasteiger partial charge in [0.2, 0.25) is 5.91 Å². The smallest absolute Gasteiger partial charge is 0.317 e. The number of piperidine rings is 1. The molecule has 0 saturated carbocycles. The molecule has 0 bridgehead atoms.